The van der Waals surface area contributed by atoms with Crippen molar-refractivity contribution >= 4 is 17.7 Å². The van der Waals surface area contributed by atoms with Gasteiger partial charge in [0.2, 0.25) is 5.91 Å². The number of primary amides is 1. The molecule has 0 aliphatic carbocycles. The average Bonchev–Trinajstić information content (AvgIpc) is 2.59. The van der Waals surface area contributed by atoms with Gasteiger partial charge in [0.25, 0.3) is 0 Å². The Balaban J connectivity index is 1.94. The number of carbonyl (C=O) groups is 1. The van der Waals surface area contributed by atoms with Crippen LogP contribution in [0.15, 0.2) is 5.16 Å². The standard InChI is InChI=1S/C12H21N5OS/c1-12(14,10(13)18)6-8-19-11-16-15-9-5-3-2-4-7-17(9)11/h2-8,14H2,1H3,(H2,13,18). The SMILES string of the molecule is CC(N)(CCSc1nnc2n1CCCCC2)C(N)=O. The molecular weight excluding hydrogens is 262 g/mol. The lowest BCUT2D eigenvalue weighted by molar-refractivity contribution is -0.122. The fourth-order valence-corrected chi connectivity index (χ4v) is 3.20. The number of aromatic nitrogens is 3. The summed E-state index contributed by atoms with van der Waals surface area (Å²) in [5.41, 5.74) is 10.1. The minimum absolute atomic E-state index is 0.465. The van der Waals surface area contributed by atoms with Gasteiger partial charge in [0.05, 0.1) is 5.54 Å². The number of aryl methyl sites for hydroxylation is 1. The summed E-state index contributed by atoms with van der Waals surface area (Å²) >= 11 is 1.60. The van der Waals surface area contributed by atoms with E-state index in [0.29, 0.717) is 12.2 Å². The Hall–Kier alpha value is -1.08. The Morgan fingerprint density at radius 3 is 2.95 bits per heavy atom. The lowest BCUT2D eigenvalue weighted by atomic mass is 10.0. The fraction of sp³-hybridized carbons (Fsp3) is 0.750. The van der Waals surface area contributed by atoms with Gasteiger partial charge in [-0.1, -0.05) is 18.2 Å². The highest BCUT2D eigenvalue weighted by Crippen LogP contribution is 2.23. The second-order valence-corrected chi connectivity index (χ2v) is 6.30. The van der Waals surface area contributed by atoms with E-state index in [4.69, 9.17) is 11.5 Å². The largest absolute Gasteiger partial charge is 0.368 e. The van der Waals surface area contributed by atoms with Crippen LogP contribution in [0.4, 0.5) is 0 Å². The Kier molecular flexibility index (Phi) is 4.46. The topological polar surface area (TPSA) is 99.8 Å². The molecule has 0 radical (unpaired) electrons. The first-order valence-electron chi connectivity index (χ1n) is 6.64. The minimum Gasteiger partial charge on any atom is -0.368 e. The van der Waals surface area contributed by atoms with Crippen molar-refractivity contribution in [3.8, 4) is 0 Å². The summed E-state index contributed by atoms with van der Waals surface area (Å²) in [5.74, 6) is 1.33. The summed E-state index contributed by atoms with van der Waals surface area (Å²) in [7, 11) is 0. The number of nitrogens with two attached hydrogens (primary N) is 2. The summed E-state index contributed by atoms with van der Waals surface area (Å²) in [5, 5.41) is 9.39. The number of hydrogen-bond donors (Lipinski definition) is 2. The van der Waals surface area contributed by atoms with Gasteiger partial charge in [-0.05, 0) is 26.2 Å². The number of nitrogens with zero attached hydrogens (tertiary/aromatic N) is 3. The lowest BCUT2D eigenvalue weighted by Gasteiger charge is -2.19. The van der Waals surface area contributed by atoms with Crippen LogP contribution in [-0.4, -0.2) is 32.0 Å². The van der Waals surface area contributed by atoms with Crippen molar-refractivity contribution < 1.29 is 4.79 Å². The zero-order valence-electron chi connectivity index (χ0n) is 11.3. The van der Waals surface area contributed by atoms with E-state index >= 15 is 0 Å². The van der Waals surface area contributed by atoms with Crippen molar-refractivity contribution in [2.45, 2.75) is 56.3 Å². The van der Waals surface area contributed by atoms with Crippen LogP contribution in [0.5, 0.6) is 0 Å². The number of rotatable bonds is 5. The molecule has 1 aromatic heterocycles. The number of fused-ring (bicyclic) bond motifs is 1. The molecule has 19 heavy (non-hydrogen) atoms. The molecule has 0 saturated heterocycles. The maximum absolute atomic E-state index is 11.1. The van der Waals surface area contributed by atoms with Gasteiger partial charge in [0.1, 0.15) is 5.82 Å². The van der Waals surface area contributed by atoms with Gasteiger partial charge in [-0.2, -0.15) is 0 Å². The third kappa shape index (κ3) is 3.48. The van der Waals surface area contributed by atoms with Crippen molar-refractivity contribution in [1.29, 1.82) is 0 Å². The van der Waals surface area contributed by atoms with Crippen LogP contribution in [0.1, 0.15) is 38.4 Å². The summed E-state index contributed by atoms with van der Waals surface area (Å²) < 4.78 is 2.19. The van der Waals surface area contributed by atoms with Crippen molar-refractivity contribution in [1.82, 2.24) is 14.8 Å². The van der Waals surface area contributed by atoms with Crippen LogP contribution >= 0.6 is 11.8 Å². The van der Waals surface area contributed by atoms with Crippen molar-refractivity contribution in [2.75, 3.05) is 5.75 Å². The summed E-state index contributed by atoms with van der Waals surface area (Å²) in [6, 6.07) is 0. The summed E-state index contributed by atoms with van der Waals surface area (Å²) in [4.78, 5) is 11.1. The quantitative estimate of drug-likeness (QED) is 0.774. The maximum atomic E-state index is 11.1. The van der Waals surface area contributed by atoms with Crippen LogP contribution < -0.4 is 11.5 Å². The number of carbonyl (C=O) groups excluding carboxylic acids is 1. The first-order chi connectivity index (χ1) is 9.00. The second-order valence-electron chi connectivity index (χ2n) is 5.24. The van der Waals surface area contributed by atoms with Crippen LogP contribution in [0.2, 0.25) is 0 Å². The van der Waals surface area contributed by atoms with E-state index in [1.165, 1.54) is 19.3 Å². The molecule has 6 nitrogen and oxygen atoms in total. The molecule has 0 fully saturated rings. The molecule has 2 heterocycles. The third-order valence-electron chi connectivity index (χ3n) is 3.49. The second kappa shape index (κ2) is 5.92. The highest BCUT2D eigenvalue weighted by atomic mass is 32.2. The van der Waals surface area contributed by atoms with E-state index in [9.17, 15) is 4.79 Å². The van der Waals surface area contributed by atoms with Crippen LogP contribution in [-0.2, 0) is 17.8 Å². The first-order valence-corrected chi connectivity index (χ1v) is 7.63. The van der Waals surface area contributed by atoms with Gasteiger partial charge in [-0.3, -0.25) is 4.79 Å². The molecule has 2 rings (SSSR count). The van der Waals surface area contributed by atoms with E-state index < -0.39 is 11.4 Å². The van der Waals surface area contributed by atoms with Gasteiger partial charge in [-0.25, -0.2) is 0 Å². The van der Waals surface area contributed by atoms with Gasteiger partial charge >= 0.3 is 0 Å². The van der Waals surface area contributed by atoms with Gasteiger partial charge in [0, 0.05) is 18.7 Å². The molecule has 1 aliphatic rings. The predicted octanol–water partition coefficient (Wildman–Crippen LogP) is 0.689. The molecular formula is C12H21N5OS. The van der Waals surface area contributed by atoms with E-state index in [-0.39, 0.29) is 0 Å². The first kappa shape index (κ1) is 14.3. The van der Waals surface area contributed by atoms with Gasteiger partial charge in [0.15, 0.2) is 5.16 Å². The van der Waals surface area contributed by atoms with E-state index in [0.717, 1.165) is 23.9 Å². The Bertz CT molecular complexity index is 457. The zero-order chi connectivity index (χ0) is 13.9. The number of thioether (sulfide) groups is 1. The van der Waals surface area contributed by atoms with E-state index in [1.807, 2.05) is 0 Å². The summed E-state index contributed by atoms with van der Waals surface area (Å²) in [6.07, 6.45) is 5.15. The highest BCUT2D eigenvalue weighted by Gasteiger charge is 2.25. The normalized spacial score (nSPS) is 18.4. The lowest BCUT2D eigenvalue weighted by Crippen LogP contribution is -2.49. The van der Waals surface area contributed by atoms with Crippen LogP contribution in [0, 0.1) is 0 Å². The molecule has 0 bridgehead atoms. The Morgan fingerprint density at radius 2 is 2.21 bits per heavy atom. The monoisotopic (exact) mass is 283 g/mol. The molecule has 0 spiro atoms. The van der Waals surface area contributed by atoms with Gasteiger partial charge < -0.3 is 16.0 Å². The van der Waals surface area contributed by atoms with Crippen molar-refractivity contribution in [2.24, 2.45) is 11.5 Å². The van der Waals surface area contributed by atoms with Crippen LogP contribution in [0.3, 0.4) is 0 Å². The Morgan fingerprint density at radius 1 is 1.42 bits per heavy atom. The number of amides is 1. The third-order valence-corrected chi connectivity index (χ3v) is 4.46. The molecule has 106 valence electrons. The van der Waals surface area contributed by atoms with Crippen molar-refractivity contribution in [3.63, 3.8) is 0 Å². The number of hydrogen-bond acceptors (Lipinski definition) is 5. The Labute approximate surface area is 117 Å². The van der Waals surface area contributed by atoms with Gasteiger partial charge in [-0.15, -0.1) is 10.2 Å². The summed E-state index contributed by atoms with van der Waals surface area (Å²) in [6.45, 7) is 2.65. The molecule has 1 aromatic rings. The molecule has 0 saturated carbocycles. The van der Waals surface area contributed by atoms with Crippen molar-refractivity contribution in [3.05, 3.63) is 5.82 Å². The minimum atomic E-state index is -0.950. The molecule has 1 unspecified atom stereocenters. The molecule has 0 aromatic carbocycles. The molecule has 1 atom stereocenters. The van der Waals surface area contributed by atoms with E-state index in [1.54, 1.807) is 18.7 Å². The maximum Gasteiger partial charge on any atom is 0.237 e. The molecule has 1 amide bonds. The zero-order valence-corrected chi connectivity index (χ0v) is 12.1. The fourth-order valence-electron chi connectivity index (χ4n) is 2.04. The predicted molar refractivity (Wildman–Crippen MR) is 74.7 cm³/mol. The van der Waals surface area contributed by atoms with E-state index in [2.05, 4.69) is 14.8 Å². The highest BCUT2D eigenvalue weighted by molar-refractivity contribution is 7.99. The molecule has 1 aliphatic heterocycles. The smallest absolute Gasteiger partial charge is 0.237 e. The van der Waals surface area contributed by atoms with Crippen LogP contribution in [0.25, 0.3) is 0 Å². The molecule has 7 heteroatoms. The average molecular weight is 283 g/mol. The molecule has 4 N–H and O–H groups in total.